The van der Waals surface area contributed by atoms with Crippen LogP contribution < -0.4 is 0 Å². The van der Waals surface area contributed by atoms with Crippen molar-refractivity contribution in [2.24, 2.45) is 0 Å². The van der Waals surface area contributed by atoms with Gasteiger partial charge in [-0.3, -0.25) is 4.79 Å². The van der Waals surface area contributed by atoms with E-state index in [1.165, 1.54) is 0 Å². The molecule has 0 saturated heterocycles. The number of aryl methyl sites for hydroxylation is 1. The van der Waals surface area contributed by atoms with E-state index in [1.54, 1.807) is 12.1 Å². The number of carbonyl (C=O) groups excluding carboxylic acids is 1. The molecule has 76 valence electrons. The predicted octanol–water partition coefficient (Wildman–Crippen LogP) is 2.69. The second-order valence-electron chi connectivity index (χ2n) is 3.42. The maximum absolute atomic E-state index is 11.2. The Bertz CT molecular complexity index is 305. The zero-order valence-electron chi connectivity index (χ0n) is 8.49. The van der Waals surface area contributed by atoms with E-state index in [-0.39, 0.29) is 11.5 Å². The molecule has 2 nitrogen and oxygen atoms in total. The molecule has 2 heteroatoms. The Kier molecular flexibility index (Phi) is 4.17. The summed E-state index contributed by atoms with van der Waals surface area (Å²) in [7, 11) is 0. The highest BCUT2D eigenvalue weighted by molar-refractivity contribution is 5.78. The Labute approximate surface area is 84.6 Å². The van der Waals surface area contributed by atoms with Crippen LogP contribution in [0.5, 0.6) is 5.75 Å². The summed E-state index contributed by atoms with van der Waals surface area (Å²) < 4.78 is 0. The van der Waals surface area contributed by atoms with Crippen molar-refractivity contribution in [3.05, 3.63) is 29.8 Å². The Balaban J connectivity index is 2.46. The Morgan fingerprint density at radius 2 is 2.00 bits per heavy atom. The van der Waals surface area contributed by atoms with Gasteiger partial charge in [-0.15, -0.1) is 0 Å². The highest BCUT2D eigenvalue weighted by atomic mass is 16.3. The molecule has 0 radical (unpaired) electrons. The van der Waals surface area contributed by atoms with Crippen LogP contribution in [0, 0.1) is 0 Å². The lowest BCUT2D eigenvalue weighted by molar-refractivity contribution is -0.119. The van der Waals surface area contributed by atoms with Gasteiger partial charge in [-0.1, -0.05) is 25.1 Å². The van der Waals surface area contributed by atoms with Crippen molar-refractivity contribution in [3.63, 3.8) is 0 Å². The summed E-state index contributed by atoms with van der Waals surface area (Å²) in [4.78, 5) is 11.2. The number of rotatable bonds is 5. The van der Waals surface area contributed by atoms with Gasteiger partial charge in [0.1, 0.15) is 11.5 Å². The van der Waals surface area contributed by atoms with E-state index in [2.05, 4.69) is 0 Å². The number of ketones is 1. The molecular weight excluding hydrogens is 176 g/mol. The molecule has 0 aromatic heterocycles. The maximum Gasteiger partial charge on any atom is 0.133 e. The van der Waals surface area contributed by atoms with Gasteiger partial charge in [-0.05, 0) is 24.5 Å². The summed E-state index contributed by atoms with van der Waals surface area (Å²) in [6, 6.07) is 7.17. The Morgan fingerprint density at radius 3 is 2.64 bits per heavy atom. The maximum atomic E-state index is 11.2. The topological polar surface area (TPSA) is 37.3 Å². The van der Waals surface area contributed by atoms with Crippen molar-refractivity contribution in [2.45, 2.75) is 32.6 Å². The summed E-state index contributed by atoms with van der Waals surface area (Å²) in [6.07, 6.45) is 2.73. The van der Waals surface area contributed by atoms with Crippen LogP contribution in [-0.2, 0) is 11.2 Å². The van der Waals surface area contributed by atoms with Crippen molar-refractivity contribution < 1.29 is 9.90 Å². The van der Waals surface area contributed by atoms with E-state index >= 15 is 0 Å². The van der Waals surface area contributed by atoms with Crippen molar-refractivity contribution in [1.29, 1.82) is 0 Å². The van der Waals surface area contributed by atoms with E-state index < -0.39 is 0 Å². The van der Waals surface area contributed by atoms with Gasteiger partial charge in [0, 0.05) is 12.8 Å². The number of phenolic OH excluding ortho intramolecular Hbond substituents is 1. The lowest BCUT2D eigenvalue weighted by atomic mass is 10.0. The zero-order chi connectivity index (χ0) is 10.4. The monoisotopic (exact) mass is 192 g/mol. The van der Waals surface area contributed by atoms with Crippen LogP contribution in [-0.4, -0.2) is 10.9 Å². The molecule has 0 atom stereocenters. The summed E-state index contributed by atoms with van der Waals surface area (Å²) in [5.41, 5.74) is 0.858. The van der Waals surface area contributed by atoms with Crippen LogP contribution in [0.15, 0.2) is 24.3 Å². The standard InChI is InChI=1S/C12H16O2/c1-2-5-11(13)9-8-10-6-3-4-7-12(10)14/h3-4,6-7,14H,2,5,8-9H2,1H3. The van der Waals surface area contributed by atoms with Crippen LogP contribution >= 0.6 is 0 Å². The van der Waals surface area contributed by atoms with Crippen molar-refractivity contribution in [2.75, 3.05) is 0 Å². The van der Waals surface area contributed by atoms with Crippen LogP contribution in [0.25, 0.3) is 0 Å². The number of hydrogen-bond acceptors (Lipinski definition) is 2. The number of hydrogen-bond donors (Lipinski definition) is 1. The predicted molar refractivity (Wildman–Crippen MR) is 56.3 cm³/mol. The molecule has 0 bridgehead atoms. The van der Waals surface area contributed by atoms with E-state index in [0.29, 0.717) is 19.3 Å². The van der Waals surface area contributed by atoms with E-state index in [4.69, 9.17) is 0 Å². The van der Waals surface area contributed by atoms with Crippen LogP contribution in [0.3, 0.4) is 0 Å². The minimum Gasteiger partial charge on any atom is -0.508 e. The normalized spacial score (nSPS) is 10.1. The Morgan fingerprint density at radius 1 is 1.29 bits per heavy atom. The minimum absolute atomic E-state index is 0.274. The van der Waals surface area contributed by atoms with Crippen LogP contribution in [0.4, 0.5) is 0 Å². The summed E-state index contributed by atoms with van der Waals surface area (Å²) in [5, 5.41) is 9.44. The molecule has 0 aliphatic rings. The first kappa shape index (κ1) is 10.8. The summed E-state index contributed by atoms with van der Waals surface area (Å²) in [5.74, 6) is 0.563. The average Bonchev–Trinajstić information content (AvgIpc) is 2.17. The van der Waals surface area contributed by atoms with Gasteiger partial charge in [0.15, 0.2) is 0 Å². The number of carbonyl (C=O) groups is 1. The summed E-state index contributed by atoms with van der Waals surface area (Å²) >= 11 is 0. The van der Waals surface area contributed by atoms with E-state index in [1.807, 2.05) is 19.1 Å². The van der Waals surface area contributed by atoms with E-state index in [0.717, 1.165) is 12.0 Å². The second-order valence-corrected chi connectivity index (χ2v) is 3.42. The fourth-order valence-corrected chi connectivity index (χ4v) is 1.40. The molecule has 0 unspecified atom stereocenters. The van der Waals surface area contributed by atoms with Crippen LogP contribution in [0.2, 0.25) is 0 Å². The van der Waals surface area contributed by atoms with Gasteiger partial charge in [0.05, 0.1) is 0 Å². The van der Waals surface area contributed by atoms with Gasteiger partial charge in [-0.25, -0.2) is 0 Å². The summed E-state index contributed by atoms with van der Waals surface area (Å²) in [6.45, 7) is 2.00. The van der Waals surface area contributed by atoms with Crippen molar-refractivity contribution in [3.8, 4) is 5.75 Å². The number of Topliss-reactive ketones (excluding diaryl/α,β-unsaturated/α-hetero) is 1. The highest BCUT2D eigenvalue weighted by Gasteiger charge is 2.03. The third-order valence-electron chi connectivity index (χ3n) is 2.19. The molecule has 0 fully saturated rings. The third-order valence-corrected chi connectivity index (χ3v) is 2.19. The van der Waals surface area contributed by atoms with Gasteiger partial charge >= 0.3 is 0 Å². The smallest absolute Gasteiger partial charge is 0.133 e. The molecule has 1 aromatic rings. The highest BCUT2D eigenvalue weighted by Crippen LogP contribution is 2.17. The molecule has 0 saturated carbocycles. The number of benzene rings is 1. The molecule has 0 spiro atoms. The van der Waals surface area contributed by atoms with Crippen molar-refractivity contribution >= 4 is 5.78 Å². The molecule has 0 aliphatic carbocycles. The number of para-hydroxylation sites is 1. The van der Waals surface area contributed by atoms with Gasteiger partial charge in [0.2, 0.25) is 0 Å². The molecule has 0 amide bonds. The van der Waals surface area contributed by atoms with E-state index in [9.17, 15) is 9.90 Å². The molecule has 1 aromatic carbocycles. The van der Waals surface area contributed by atoms with Gasteiger partial charge in [-0.2, -0.15) is 0 Å². The quantitative estimate of drug-likeness (QED) is 0.778. The largest absolute Gasteiger partial charge is 0.508 e. The minimum atomic E-state index is 0.274. The van der Waals surface area contributed by atoms with Gasteiger partial charge < -0.3 is 5.11 Å². The molecule has 0 heterocycles. The lowest BCUT2D eigenvalue weighted by Gasteiger charge is -2.02. The lowest BCUT2D eigenvalue weighted by Crippen LogP contribution is -1.99. The molecule has 1 N–H and O–H groups in total. The fourth-order valence-electron chi connectivity index (χ4n) is 1.40. The molecular formula is C12H16O2. The second kappa shape index (κ2) is 5.43. The first-order chi connectivity index (χ1) is 6.74. The fraction of sp³-hybridized carbons (Fsp3) is 0.417. The zero-order valence-corrected chi connectivity index (χ0v) is 8.49. The first-order valence-corrected chi connectivity index (χ1v) is 5.02. The first-order valence-electron chi connectivity index (χ1n) is 5.02. The number of phenols is 1. The third kappa shape index (κ3) is 3.21. The van der Waals surface area contributed by atoms with Crippen molar-refractivity contribution in [1.82, 2.24) is 0 Å². The molecule has 0 aliphatic heterocycles. The van der Waals surface area contributed by atoms with Gasteiger partial charge in [0.25, 0.3) is 0 Å². The average molecular weight is 192 g/mol. The molecule has 14 heavy (non-hydrogen) atoms. The molecule has 1 rings (SSSR count). The Hall–Kier alpha value is -1.31. The van der Waals surface area contributed by atoms with Crippen LogP contribution in [0.1, 0.15) is 31.7 Å². The number of aromatic hydroxyl groups is 1. The SMILES string of the molecule is CCCC(=O)CCc1ccccc1O.